The van der Waals surface area contributed by atoms with Crippen LogP contribution < -0.4 is 20.9 Å². The average Bonchev–Trinajstić information content (AvgIpc) is 3.17. The number of aryl methyl sites for hydroxylation is 2. The first-order chi connectivity index (χ1) is 26.3. The summed E-state index contributed by atoms with van der Waals surface area (Å²) >= 11 is 0. The fourth-order valence-corrected chi connectivity index (χ4v) is 6.67. The van der Waals surface area contributed by atoms with Crippen LogP contribution in [0.1, 0.15) is 58.9 Å². The fraction of sp³-hybridized carbons (Fsp3) is 0.571. The molecule has 4 rings (SSSR count). The van der Waals surface area contributed by atoms with Crippen LogP contribution in [0.15, 0.2) is 47.3 Å². The van der Waals surface area contributed by atoms with Crippen molar-refractivity contribution in [1.29, 1.82) is 0 Å². The number of rotatable bonds is 26. The van der Waals surface area contributed by atoms with Gasteiger partial charge in [0.15, 0.2) is 5.78 Å². The molecule has 0 saturated carbocycles. The summed E-state index contributed by atoms with van der Waals surface area (Å²) in [5.41, 5.74) is 12.3. The quantitative estimate of drug-likeness (QED) is 0.0825. The highest BCUT2D eigenvalue weighted by Gasteiger charge is 2.25. The minimum atomic E-state index is -0.122. The third-order valence-corrected chi connectivity index (χ3v) is 9.49. The Balaban J connectivity index is 1.28. The van der Waals surface area contributed by atoms with Crippen molar-refractivity contribution >= 4 is 11.5 Å². The molecule has 2 aromatic carbocycles. The number of nitrogens with one attached hydrogen (secondary N) is 1. The number of anilines is 1. The molecule has 1 aliphatic rings. The van der Waals surface area contributed by atoms with Crippen molar-refractivity contribution in [3.05, 3.63) is 80.8 Å². The van der Waals surface area contributed by atoms with Crippen molar-refractivity contribution in [2.75, 3.05) is 104 Å². The maximum Gasteiger partial charge on any atom is 0.251 e. The van der Waals surface area contributed by atoms with Crippen molar-refractivity contribution in [3.8, 4) is 16.9 Å². The van der Waals surface area contributed by atoms with Crippen LogP contribution in [0.3, 0.4) is 0 Å². The summed E-state index contributed by atoms with van der Waals surface area (Å²) < 4.78 is 39.0. The number of benzene rings is 2. The van der Waals surface area contributed by atoms with Crippen molar-refractivity contribution in [3.63, 3.8) is 0 Å². The van der Waals surface area contributed by atoms with Gasteiger partial charge in [0.25, 0.3) is 5.56 Å². The molecule has 0 spiro atoms. The Morgan fingerprint density at radius 1 is 0.796 bits per heavy atom. The largest absolute Gasteiger partial charge is 0.491 e. The topological polar surface area (TPSA) is 144 Å². The van der Waals surface area contributed by atoms with Gasteiger partial charge in [0.2, 0.25) is 0 Å². The highest BCUT2D eigenvalue weighted by molar-refractivity contribution is 6.00. The van der Waals surface area contributed by atoms with Crippen molar-refractivity contribution in [2.45, 2.75) is 59.4 Å². The first kappa shape index (κ1) is 43.1. The molecule has 1 fully saturated rings. The maximum atomic E-state index is 13.9. The van der Waals surface area contributed by atoms with Gasteiger partial charge in [0.05, 0.1) is 66.1 Å². The van der Waals surface area contributed by atoms with Crippen LogP contribution in [0, 0.1) is 20.8 Å². The lowest BCUT2D eigenvalue weighted by Gasteiger charge is -2.37. The van der Waals surface area contributed by atoms with Crippen LogP contribution >= 0.6 is 0 Å². The predicted molar refractivity (Wildman–Crippen MR) is 211 cm³/mol. The number of Topliss-reactive ketones (excluding diaryl/α,β-unsaturated/α-hetero) is 1. The van der Waals surface area contributed by atoms with Gasteiger partial charge in [-0.1, -0.05) is 12.1 Å². The van der Waals surface area contributed by atoms with E-state index in [1.165, 1.54) is 0 Å². The van der Waals surface area contributed by atoms with E-state index in [1.54, 1.807) is 0 Å². The zero-order chi connectivity index (χ0) is 38.5. The van der Waals surface area contributed by atoms with E-state index in [-0.39, 0.29) is 17.8 Å². The number of hydrogen-bond acceptors (Lipinski definition) is 11. The minimum Gasteiger partial charge on any atom is -0.491 e. The van der Waals surface area contributed by atoms with Crippen LogP contribution in [0.25, 0.3) is 11.1 Å². The highest BCUT2D eigenvalue weighted by Crippen LogP contribution is 2.35. The van der Waals surface area contributed by atoms with Crippen molar-refractivity contribution < 1.29 is 38.0 Å². The monoisotopic (exact) mass is 751 g/mol. The molecular weight excluding hydrogens is 690 g/mol. The summed E-state index contributed by atoms with van der Waals surface area (Å²) in [5, 5.41) is 0. The Bertz CT molecular complexity index is 1610. The molecule has 298 valence electrons. The molecule has 1 saturated heterocycles. The smallest absolute Gasteiger partial charge is 0.251 e. The van der Waals surface area contributed by atoms with Crippen LogP contribution in [0.4, 0.5) is 5.69 Å². The molecule has 1 aromatic heterocycles. The third-order valence-electron chi connectivity index (χ3n) is 9.49. The molecule has 2 heterocycles. The number of aromatic amines is 1. The van der Waals surface area contributed by atoms with E-state index in [4.69, 9.17) is 38.9 Å². The molecule has 54 heavy (non-hydrogen) atoms. The standard InChI is InChI=1S/C42H61N3O9/c1-5-45(36-12-15-48-16-13-36)40-30-35(29-39(33(40)4)41(46)11-10-38-31(2)28-32(3)44-42(38)47)34-6-8-37(9-7-34)54-27-26-53-25-24-52-23-22-51-21-20-50-19-18-49-17-14-43/h6-9,28-30,36H,5,10-27,43H2,1-4H3,(H,44,47). The Morgan fingerprint density at radius 3 is 1.93 bits per heavy atom. The lowest BCUT2D eigenvalue weighted by Crippen LogP contribution is -2.40. The Morgan fingerprint density at radius 2 is 1.37 bits per heavy atom. The van der Waals surface area contributed by atoms with Crippen molar-refractivity contribution in [2.24, 2.45) is 5.73 Å². The second-order valence-electron chi connectivity index (χ2n) is 13.4. The summed E-state index contributed by atoms with van der Waals surface area (Å²) in [7, 11) is 0. The van der Waals surface area contributed by atoms with Crippen LogP contribution in [-0.4, -0.2) is 116 Å². The van der Waals surface area contributed by atoms with Crippen LogP contribution in [-0.2, 0) is 34.8 Å². The minimum absolute atomic E-state index is 0.0267. The van der Waals surface area contributed by atoms with Crippen molar-refractivity contribution in [1.82, 2.24) is 4.98 Å². The van der Waals surface area contributed by atoms with E-state index < -0.39 is 0 Å². The second-order valence-corrected chi connectivity index (χ2v) is 13.4. The van der Waals surface area contributed by atoms with Gasteiger partial charge in [-0.2, -0.15) is 0 Å². The number of nitrogens with zero attached hydrogens (tertiary/aromatic N) is 1. The molecule has 0 aliphatic carbocycles. The Labute approximate surface area is 320 Å². The summed E-state index contributed by atoms with van der Waals surface area (Å²) in [4.78, 5) is 31.9. The average molecular weight is 752 g/mol. The first-order valence-electron chi connectivity index (χ1n) is 19.4. The number of H-pyrrole nitrogens is 1. The molecule has 12 nitrogen and oxygen atoms in total. The summed E-state index contributed by atoms with van der Waals surface area (Å²) in [5.74, 6) is 0.765. The van der Waals surface area contributed by atoms with E-state index in [2.05, 4.69) is 22.9 Å². The van der Waals surface area contributed by atoms with E-state index in [0.29, 0.717) is 103 Å². The normalized spacial score (nSPS) is 13.4. The van der Waals surface area contributed by atoms with Crippen LogP contribution in [0.2, 0.25) is 0 Å². The number of nitrogens with two attached hydrogens (primary N) is 1. The third kappa shape index (κ3) is 13.9. The lowest BCUT2D eigenvalue weighted by molar-refractivity contribution is -0.0122. The molecule has 12 heteroatoms. The number of ether oxygens (including phenoxy) is 7. The molecule has 0 atom stereocenters. The molecule has 3 N–H and O–H groups in total. The lowest BCUT2D eigenvalue weighted by atomic mass is 9.92. The molecule has 0 amide bonds. The van der Waals surface area contributed by atoms with Gasteiger partial charge in [-0.3, -0.25) is 9.59 Å². The zero-order valence-electron chi connectivity index (χ0n) is 32.8. The van der Waals surface area contributed by atoms with E-state index in [9.17, 15) is 9.59 Å². The number of carbonyl (C=O) groups excluding carboxylic acids is 1. The first-order valence-corrected chi connectivity index (χ1v) is 19.4. The number of aromatic nitrogens is 1. The molecule has 1 aliphatic heterocycles. The van der Waals surface area contributed by atoms with E-state index >= 15 is 0 Å². The highest BCUT2D eigenvalue weighted by atomic mass is 16.6. The summed E-state index contributed by atoms with van der Waals surface area (Å²) in [6.07, 6.45) is 2.52. The maximum absolute atomic E-state index is 13.9. The zero-order valence-corrected chi connectivity index (χ0v) is 32.8. The molecule has 3 aromatic rings. The predicted octanol–water partition coefficient (Wildman–Crippen LogP) is 5.21. The number of ketones is 1. The summed E-state index contributed by atoms with van der Waals surface area (Å²) in [6, 6.07) is 14.4. The second kappa shape index (κ2) is 24.0. The van der Waals surface area contributed by atoms with Gasteiger partial charge < -0.3 is 48.8 Å². The number of hydrogen-bond donors (Lipinski definition) is 2. The Kier molecular flexibility index (Phi) is 19.2. The number of pyridine rings is 1. The van der Waals surface area contributed by atoms with Gasteiger partial charge >= 0.3 is 0 Å². The van der Waals surface area contributed by atoms with Crippen LogP contribution in [0.5, 0.6) is 5.75 Å². The van der Waals surface area contributed by atoms with Gasteiger partial charge in [-0.05, 0) is 99.5 Å². The summed E-state index contributed by atoms with van der Waals surface area (Å²) in [6.45, 7) is 16.2. The van der Waals surface area contributed by atoms with Gasteiger partial charge in [0.1, 0.15) is 12.4 Å². The SMILES string of the molecule is CCN(c1cc(-c2ccc(OCCOCCOCCOCCOCCOCCN)cc2)cc(C(=O)CCc2c(C)cc(C)[nH]c2=O)c1C)C1CCOCC1. The Hall–Kier alpha value is -3.62. The van der Waals surface area contributed by atoms with Gasteiger partial charge in [-0.25, -0.2) is 0 Å². The number of carbonyl (C=O) groups is 1. The van der Waals surface area contributed by atoms with Gasteiger partial charge in [-0.15, -0.1) is 0 Å². The fourth-order valence-electron chi connectivity index (χ4n) is 6.67. The van der Waals surface area contributed by atoms with E-state index in [1.807, 2.05) is 57.2 Å². The molecule has 0 bridgehead atoms. The molecule has 0 unspecified atom stereocenters. The molecule has 0 radical (unpaired) electrons. The van der Waals surface area contributed by atoms with Gasteiger partial charge in [0, 0.05) is 61.3 Å². The van der Waals surface area contributed by atoms with E-state index in [0.717, 1.165) is 72.0 Å². The molecular formula is C42H61N3O9.